The minimum absolute atomic E-state index is 0.0127. The molecule has 4 nitrogen and oxygen atoms in total. The zero-order valence-corrected chi connectivity index (χ0v) is 12.0. The van der Waals surface area contributed by atoms with Gasteiger partial charge in [0.05, 0.1) is 0 Å². The van der Waals surface area contributed by atoms with Crippen molar-refractivity contribution in [1.29, 1.82) is 0 Å². The number of hydrogen-bond acceptors (Lipinski definition) is 3. The lowest BCUT2D eigenvalue weighted by atomic mass is 10.1. The second kappa shape index (κ2) is 6.19. The fourth-order valence-corrected chi connectivity index (χ4v) is 1.95. The first-order valence-electron chi connectivity index (χ1n) is 6.56. The van der Waals surface area contributed by atoms with E-state index in [1.54, 1.807) is 31.4 Å². The Kier molecular flexibility index (Phi) is 4.35. The molecule has 1 atom stereocenters. The van der Waals surface area contributed by atoms with Crippen molar-refractivity contribution in [3.05, 3.63) is 59.9 Å². The molecule has 104 valence electrons. The summed E-state index contributed by atoms with van der Waals surface area (Å²) in [5.41, 5.74) is 2.86. The highest BCUT2D eigenvalue weighted by atomic mass is 16.2. The van der Waals surface area contributed by atoms with Crippen LogP contribution in [0.4, 0.5) is 5.69 Å². The lowest BCUT2D eigenvalue weighted by molar-refractivity contribution is 0.0827. The molecule has 0 saturated carbocycles. The average Bonchev–Trinajstić information content (AvgIpc) is 2.48. The van der Waals surface area contributed by atoms with E-state index in [0.717, 1.165) is 5.69 Å². The van der Waals surface area contributed by atoms with Crippen molar-refractivity contribution in [2.75, 3.05) is 19.4 Å². The third-order valence-corrected chi connectivity index (χ3v) is 3.13. The maximum Gasteiger partial charge on any atom is 0.253 e. The van der Waals surface area contributed by atoms with E-state index in [4.69, 9.17) is 0 Å². The molecule has 20 heavy (non-hydrogen) atoms. The molecule has 0 bridgehead atoms. The topological polar surface area (TPSA) is 45.2 Å². The summed E-state index contributed by atoms with van der Waals surface area (Å²) in [6.45, 7) is 2.09. The third kappa shape index (κ3) is 3.35. The van der Waals surface area contributed by atoms with Gasteiger partial charge in [0.2, 0.25) is 0 Å². The van der Waals surface area contributed by atoms with Crippen LogP contribution in [0.15, 0.2) is 48.8 Å². The summed E-state index contributed by atoms with van der Waals surface area (Å²) in [5, 5.41) is 3.40. The fraction of sp³-hybridized carbons (Fsp3) is 0.250. The second-order valence-electron chi connectivity index (χ2n) is 4.92. The van der Waals surface area contributed by atoms with Crippen molar-refractivity contribution in [3.8, 4) is 0 Å². The van der Waals surface area contributed by atoms with Crippen LogP contribution in [0.25, 0.3) is 0 Å². The molecule has 0 aliphatic carbocycles. The molecule has 1 aromatic heterocycles. The number of hydrogen-bond donors (Lipinski definition) is 1. The Morgan fingerprint density at radius 3 is 2.25 bits per heavy atom. The van der Waals surface area contributed by atoms with Crippen molar-refractivity contribution < 1.29 is 4.79 Å². The van der Waals surface area contributed by atoms with Crippen molar-refractivity contribution >= 4 is 11.6 Å². The average molecular weight is 269 g/mol. The van der Waals surface area contributed by atoms with Crippen LogP contribution in [-0.2, 0) is 0 Å². The molecule has 1 aromatic carbocycles. The molecule has 1 heterocycles. The van der Waals surface area contributed by atoms with Crippen LogP contribution in [0.1, 0.15) is 28.9 Å². The summed E-state index contributed by atoms with van der Waals surface area (Å²) in [5.74, 6) is 0.0127. The van der Waals surface area contributed by atoms with Crippen LogP contribution in [0.2, 0.25) is 0 Å². The van der Waals surface area contributed by atoms with E-state index in [-0.39, 0.29) is 11.9 Å². The Bertz CT molecular complexity index is 564. The minimum Gasteiger partial charge on any atom is -0.379 e. The molecule has 2 rings (SSSR count). The summed E-state index contributed by atoms with van der Waals surface area (Å²) < 4.78 is 0. The van der Waals surface area contributed by atoms with Crippen molar-refractivity contribution in [3.63, 3.8) is 0 Å². The zero-order valence-electron chi connectivity index (χ0n) is 12.0. The van der Waals surface area contributed by atoms with Gasteiger partial charge in [0, 0.05) is 43.8 Å². The maximum atomic E-state index is 11.8. The quantitative estimate of drug-likeness (QED) is 0.928. The number of nitrogens with one attached hydrogen (secondary N) is 1. The molecular formula is C16H19N3O. The number of benzene rings is 1. The van der Waals surface area contributed by atoms with Gasteiger partial charge in [-0.1, -0.05) is 0 Å². The van der Waals surface area contributed by atoms with Crippen molar-refractivity contribution in [2.24, 2.45) is 0 Å². The largest absolute Gasteiger partial charge is 0.379 e. The summed E-state index contributed by atoms with van der Waals surface area (Å²) in [6, 6.07) is 11.7. The van der Waals surface area contributed by atoms with Gasteiger partial charge in [0.1, 0.15) is 0 Å². The van der Waals surface area contributed by atoms with Crippen LogP contribution in [-0.4, -0.2) is 29.9 Å². The highest BCUT2D eigenvalue weighted by Gasteiger charge is 2.08. The van der Waals surface area contributed by atoms with Gasteiger partial charge >= 0.3 is 0 Å². The summed E-state index contributed by atoms with van der Waals surface area (Å²) in [4.78, 5) is 17.4. The lowest BCUT2D eigenvalue weighted by Crippen LogP contribution is -2.21. The van der Waals surface area contributed by atoms with Gasteiger partial charge in [0.15, 0.2) is 0 Å². The van der Waals surface area contributed by atoms with Gasteiger partial charge in [0.25, 0.3) is 5.91 Å². The van der Waals surface area contributed by atoms with Crippen LogP contribution < -0.4 is 5.32 Å². The van der Waals surface area contributed by atoms with Crippen LogP contribution in [0.5, 0.6) is 0 Å². The van der Waals surface area contributed by atoms with E-state index in [2.05, 4.69) is 17.2 Å². The molecule has 0 saturated heterocycles. The van der Waals surface area contributed by atoms with Crippen LogP contribution in [0.3, 0.4) is 0 Å². The first kappa shape index (κ1) is 14.1. The number of anilines is 1. The predicted molar refractivity (Wildman–Crippen MR) is 80.7 cm³/mol. The number of rotatable bonds is 4. The predicted octanol–water partition coefficient (Wildman–Crippen LogP) is 2.96. The normalized spacial score (nSPS) is 11.8. The Morgan fingerprint density at radius 1 is 1.10 bits per heavy atom. The number of carbonyl (C=O) groups is 1. The molecule has 0 fully saturated rings. The zero-order chi connectivity index (χ0) is 14.5. The Labute approximate surface area is 119 Å². The molecule has 0 spiro atoms. The van der Waals surface area contributed by atoms with E-state index in [1.807, 2.05) is 36.4 Å². The fourth-order valence-electron chi connectivity index (χ4n) is 1.95. The number of pyridine rings is 1. The van der Waals surface area contributed by atoms with E-state index < -0.39 is 0 Å². The van der Waals surface area contributed by atoms with Gasteiger partial charge < -0.3 is 10.2 Å². The number of nitrogens with zero attached hydrogens (tertiary/aromatic N) is 2. The van der Waals surface area contributed by atoms with Gasteiger partial charge in [-0.05, 0) is 48.9 Å². The Morgan fingerprint density at radius 2 is 1.70 bits per heavy atom. The van der Waals surface area contributed by atoms with E-state index >= 15 is 0 Å². The molecule has 0 aliphatic heterocycles. The summed E-state index contributed by atoms with van der Waals surface area (Å²) in [7, 11) is 3.50. The minimum atomic E-state index is 0.0127. The third-order valence-electron chi connectivity index (χ3n) is 3.13. The second-order valence-corrected chi connectivity index (χ2v) is 4.92. The molecule has 1 unspecified atom stereocenters. The standard InChI is InChI=1S/C16H19N3O/c1-12(13-8-10-17-11-9-13)18-15-6-4-14(5-7-15)16(20)19(2)3/h4-12,18H,1-3H3. The van der Waals surface area contributed by atoms with Gasteiger partial charge in [-0.15, -0.1) is 0 Å². The molecule has 4 heteroatoms. The highest BCUT2D eigenvalue weighted by Crippen LogP contribution is 2.19. The number of aromatic nitrogens is 1. The first-order valence-corrected chi connectivity index (χ1v) is 6.56. The SMILES string of the molecule is CC(Nc1ccc(C(=O)N(C)C)cc1)c1ccncc1. The monoisotopic (exact) mass is 269 g/mol. The van der Waals surface area contributed by atoms with Crippen LogP contribution in [0, 0.1) is 0 Å². The van der Waals surface area contributed by atoms with Gasteiger partial charge in [-0.3, -0.25) is 9.78 Å². The number of carbonyl (C=O) groups excluding carboxylic acids is 1. The Balaban J connectivity index is 2.06. The lowest BCUT2D eigenvalue weighted by Gasteiger charge is -2.16. The van der Waals surface area contributed by atoms with Crippen molar-refractivity contribution in [1.82, 2.24) is 9.88 Å². The first-order chi connectivity index (χ1) is 9.58. The van der Waals surface area contributed by atoms with Crippen molar-refractivity contribution in [2.45, 2.75) is 13.0 Å². The molecule has 1 N–H and O–H groups in total. The summed E-state index contributed by atoms with van der Waals surface area (Å²) >= 11 is 0. The molecule has 2 aromatic rings. The highest BCUT2D eigenvalue weighted by molar-refractivity contribution is 5.94. The smallest absolute Gasteiger partial charge is 0.253 e. The van der Waals surface area contributed by atoms with Crippen LogP contribution >= 0.6 is 0 Å². The maximum absolute atomic E-state index is 11.8. The van der Waals surface area contributed by atoms with E-state index in [9.17, 15) is 4.79 Å². The van der Waals surface area contributed by atoms with E-state index in [0.29, 0.717) is 5.56 Å². The Hall–Kier alpha value is -2.36. The number of amides is 1. The van der Waals surface area contributed by atoms with Gasteiger partial charge in [-0.2, -0.15) is 0 Å². The van der Waals surface area contributed by atoms with E-state index in [1.165, 1.54) is 5.56 Å². The molecule has 0 aliphatic rings. The molecule has 0 radical (unpaired) electrons. The summed E-state index contributed by atoms with van der Waals surface area (Å²) in [6.07, 6.45) is 3.57. The molecular weight excluding hydrogens is 250 g/mol. The van der Waals surface area contributed by atoms with Gasteiger partial charge in [-0.25, -0.2) is 0 Å². The molecule has 1 amide bonds.